The summed E-state index contributed by atoms with van der Waals surface area (Å²) in [6.07, 6.45) is 9.18. The van der Waals surface area contributed by atoms with Crippen LogP contribution in [0, 0.1) is 0 Å². The van der Waals surface area contributed by atoms with Crippen LogP contribution in [0.5, 0.6) is 0 Å². The highest BCUT2D eigenvalue weighted by Gasteiger charge is 2.19. The van der Waals surface area contributed by atoms with Crippen molar-refractivity contribution in [3.05, 3.63) is 36.7 Å². The third kappa shape index (κ3) is 4.35. The normalized spacial score (nSPS) is 16.3. The summed E-state index contributed by atoms with van der Waals surface area (Å²) in [5.74, 6) is 1.82. The largest absolute Gasteiger partial charge is 0.367 e. The number of likely N-dealkylation sites (tertiary alicyclic amines) is 1. The Kier molecular flexibility index (Phi) is 4.97. The van der Waals surface area contributed by atoms with Crippen molar-refractivity contribution in [1.29, 1.82) is 0 Å². The smallest absolute Gasteiger partial charge is 0.133 e. The molecule has 122 valence electrons. The third-order valence-corrected chi connectivity index (χ3v) is 4.07. The standard InChI is InChI=1S/C16H23N7/c1-22(2)16-7-15(19-12-20-16)21-14-3-5-23(6-4-14)10-13-8-17-11-18-9-13/h7-9,11-12,14H,3-6,10H2,1-2H3,(H,19,20,21). The van der Waals surface area contributed by atoms with Crippen LogP contribution in [0.25, 0.3) is 0 Å². The molecule has 1 fully saturated rings. The van der Waals surface area contributed by atoms with E-state index in [2.05, 4.69) is 30.2 Å². The van der Waals surface area contributed by atoms with Gasteiger partial charge in [-0.15, -0.1) is 0 Å². The van der Waals surface area contributed by atoms with Crippen molar-refractivity contribution in [2.45, 2.75) is 25.4 Å². The SMILES string of the molecule is CN(C)c1cc(NC2CCN(Cc3cncnc3)CC2)ncn1. The molecule has 0 aliphatic carbocycles. The molecule has 0 aromatic carbocycles. The summed E-state index contributed by atoms with van der Waals surface area (Å²) in [6, 6.07) is 2.46. The average Bonchev–Trinajstić information content (AvgIpc) is 2.58. The first-order chi connectivity index (χ1) is 11.2. The Morgan fingerprint density at radius 1 is 1.13 bits per heavy atom. The second-order valence-corrected chi connectivity index (χ2v) is 6.10. The van der Waals surface area contributed by atoms with Crippen LogP contribution in [-0.4, -0.2) is 58.1 Å². The van der Waals surface area contributed by atoms with Gasteiger partial charge in [-0.1, -0.05) is 0 Å². The molecule has 1 aliphatic rings. The number of aromatic nitrogens is 4. The van der Waals surface area contributed by atoms with E-state index >= 15 is 0 Å². The summed E-state index contributed by atoms with van der Waals surface area (Å²) in [4.78, 5) is 21.1. The van der Waals surface area contributed by atoms with Crippen LogP contribution in [-0.2, 0) is 6.54 Å². The first-order valence-electron chi connectivity index (χ1n) is 7.93. The van der Waals surface area contributed by atoms with Gasteiger partial charge in [-0.2, -0.15) is 0 Å². The molecule has 7 heteroatoms. The van der Waals surface area contributed by atoms with Gasteiger partial charge >= 0.3 is 0 Å². The number of hydrogen-bond donors (Lipinski definition) is 1. The van der Waals surface area contributed by atoms with Gasteiger partial charge in [0.05, 0.1) is 0 Å². The van der Waals surface area contributed by atoms with E-state index in [0.717, 1.165) is 44.1 Å². The monoisotopic (exact) mass is 313 g/mol. The maximum absolute atomic E-state index is 4.32. The zero-order valence-electron chi connectivity index (χ0n) is 13.7. The fourth-order valence-electron chi connectivity index (χ4n) is 2.78. The first kappa shape index (κ1) is 15.6. The molecular weight excluding hydrogens is 290 g/mol. The second-order valence-electron chi connectivity index (χ2n) is 6.10. The van der Waals surface area contributed by atoms with E-state index in [1.54, 1.807) is 12.7 Å². The summed E-state index contributed by atoms with van der Waals surface area (Å²) in [5.41, 5.74) is 1.17. The predicted molar refractivity (Wildman–Crippen MR) is 90.3 cm³/mol. The van der Waals surface area contributed by atoms with Crippen molar-refractivity contribution in [1.82, 2.24) is 24.8 Å². The molecular formula is C16H23N7. The van der Waals surface area contributed by atoms with Gasteiger partial charge in [-0.25, -0.2) is 19.9 Å². The van der Waals surface area contributed by atoms with Gasteiger partial charge in [0, 0.05) is 63.8 Å². The van der Waals surface area contributed by atoms with E-state index in [1.807, 2.05) is 37.5 Å². The molecule has 0 radical (unpaired) electrons. The Hall–Kier alpha value is -2.28. The highest BCUT2D eigenvalue weighted by Crippen LogP contribution is 2.18. The van der Waals surface area contributed by atoms with E-state index in [4.69, 9.17) is 0 Å². The quantitative estimate of drug-likeness (QED) is 0.895. The molecule has 3 heterocycles. The molecule has 1 aliphatic heterocycles. The fourth-order valence-corrected chi connectivity index (χ4v) is 2.78. The van der Waals surface area contributed by atoms with Crippen molar-refractivity contribution < 1.29 is 0 Å². The molecule has 0 saturated carbocycles. The zero-order chi connectivity index (χ0) is 16.1. The number of nitrogens with one attached hydrogen (secondary N) is 1. The molecule has 3 rings (SSSR count). The highest BCUT2D eigenvalue weighted by atomic mass is 15.2. The summed E-state index contributed by atoms with van der Waals surface area (Å²) in [7, 11) is 3.97. The second kappa shape index (κ2) is 7.32. The minimum atomic E-state index is 0.461. The molecule has 0 spiro atoms. The van der Waals surface area contributed by atoms with Crippen molar-refractivity contribution in [2.24, 2.45) is 0 Å². The minimum absolute atomic E-state index is 0.461. The number of anilines is 2. The maximum Gasteiger partial charge on any atom is 0.133 e. The van der Waals surface area contributed by atoms with Crippen molar-refractivity contribution >= 4 is 11.6 Å². The molecule has 1 saturated heterocycles. The Balaban J connectivity index is 1.50. The minimum Gasteiger partial charge on any atom is -0.367 e. The lowest BCUT2D eigenvalue weighted by Crippen LogP contribution is -2.38. The average molecular weight is 313 g/mol. The van der Waals surface area contributed by atoms with Gasteiger partial charge in [0.2, 0.25) is 0 Å². The van der Waals surface area contributed by atoms with Crippen LogP contribution < -0.4 is 10.2 Å². The molecule has 2 aromatic heterocycles. The third-order valence-electron chi connectivity index (χ3n) is 4.07. The number of piperidine rings is 1. The lowest BCUT2D eigenvalue weighted by atomic mass is 10.0. The lowest BCUT2D eigenvalue weighted by molar-refractivity contribution is 0.211. The molecule has 7 nitrogen and oxygen atoms in total. The summed E-state index contributed by atoms with van der Waals surface area (Å²) in [5, 5.41) is 3.53. The van der Waals surface area contributed by atoms with Crippen LogP contribution in [0.3, 0.4) is 0 Å². The van der Waals surface area contributed by atoms with Crippen LogP contribution in [0.15, 0.2) is 31.1 Å². The number of nitrogens with zero attached hydrogens (tertiary/aromatic N) is 6. The van der Waals surface area contributed by atoms with Crippen LogP contribution in [0.4, 0.5) is 11.6 Å². The maximum atomic E-state index is 4.32. The van der Waals surface area contributed by atoms with Gasteiger partial charge in [-0.05, 0) is 12.8 Å². The predicted octanol–water partition coefficient (Wildman–Crippen LogP) is 1.41. The molecule has 1 N–H and O–H groups in total. The van der Waals surface area contributed by atoms with E-state index in [9.17, 15) is 0 Å². The van der Waals surface area contributed by atoms with Crippen LogP contribution in [0.2, 0.25) is 0 Å². The van der Waals surface area contributed by atoms with E-state index < -0.39 is 0 Å². The van der Waals surface area contributed by atoms with Gasteiger partial charge in [0.1, 0.15) is 24.3 Å². The van der Waals surface area contributed by atoms with Gasteiger partial charge in [0.25, 0.3) is 0 Å². The summed E-state index contributed by atoms with van der Waals surface area (Å²) in [6.45, 7) is 3.06. The Labute approximate surface area is 136 Å². The summed E-state index contributed by atoms with van der Waals surface area (Å²) >= 11 is 0. The number of rotatable bonds is 5. The Bertz CT molecular complexity index is 609. The molecule has 0 bridgehead atoms. The van der Waals surface area contributed by atoms with E-state index in [0.29, 0.717) is 6.04 Å². The van der Waals surface area contributed by atoms with Gasteiger partial charge in [-0.3, -0.25) is 4.90 Å². The van der Waals surface area contributed by atoms with Crippen molar-refractivity contribution in [3.8, 4) is 0 Å². The fraction of sp³-hybridized carbons (Fsp3) is 0.500. The van der Waals surface area contributed by atoms with Gasteiger partial charge < -0.3 is 10.2 Å². The highest BCUT2D eigenvalue weighted by molar-refractivity contribution is 5.47. The van der Waals surface area contributed by atoms with E-state index in [-0.39, 0.29) is 0 Å². The van der Waals surface area contributed by atoms with Crippen LogP contribution in [0.1, 0.15) is 18.4 Å². The van der Waals surface area contributed by atoms with E-state index in [1.165, 1.54) is 5.56 Å². The topological polar surface area (TPSA) is 70.1 Å². The van der Waals surface area contributed by atoms with Crippen LogP contribution >= 0.6 is 0 Å². The molecule has 0 unspecified atom stereocenters. The Morgan fingerprint density at radius 2 is 1.87 bits per heavy atom. The number of hydrogen-bond acceptors (Lipinski definition) is 7. The van der Waals surface area contributed by atoms with Gasteiger partial charge in [0.15, 0.2) is 0 Å². The molecule has 0 amide bonds. The van der Waals surface area contributed by atoms with Crippen molar-refractivity contribution in [2.75, 3.05) is 37.4 Å². The summed E-state index contributed by atoms with van der Waals surface area (Å²) < 4.78 is 0. The molecule has 23 heavy (non-hydrogen) atoms. The Morgan fingerprint density at radius 3 is 2.57 bits per heavy atom. The first-order valence-corrected chi connectivity index (χ1v) is 7.93. The van der Waals surface area contributed by atoms with Crippen molar-refractivity contribution in [3.63, 3.8) is 0 Å². The molecule has 2 aromatic rings. The molecule has 0 atom stereocenters. The lowest BCUT2D eigenvalue weighted by Gasteiger charge is -2.32. The zero-order valence-corrected chi connectivity index (χ0v) is 13.7.